The summed E-state index contributed by atoms with van der Waals surface area (Å²) in [5.74, 6) is -1.43. The molecule has 0 spiro atoms. The lowest BCUT2D eigenvalue weighted by Crippen LogP contribution is -2.33. The molecule has 0 aromatic rings. The third-order valence-corrected chi connectivity index (χ3v) is 10.4. The second kappa shape index (κ2) is 38.1. The molecule has 3 unspecified atom stereocenters. The minimum atomic E-state index is -4.62. The smallest absolute Gasteiger partial charge is 0.462 e. The van der Waals surface area contributed by atoms with E-state index in [4.69, 9.17) is 24.3 Å². The number of esters is 2. The number of ketones is 1. The van der Waals surface area contributed by atoms with Crippen molar-refractivity contribution in [1.82, 2.24) is 0 Å². The molecule has 10 nitrogen and oxygen atoms in total. The molecule has 0 rings (SSSR count). The van der Waals surface area contributed by atoms with Crippen LogP contribution in [0.25, 0.3) is 0 Å². The van der Waals surface area contributed by atoms with Gasteiger partial charge in [-0.1, -0.05) is 167 Å². The molecule has 0 bridgehead atoms. The SMILES string of the molecule is CCCCCCCCCCCCCC=CCCC(=O)OCC(COP(=O)(O)OCC(N)C(C)=O)OC(=O)CCC=CCCCCCCCCCCCCC. The maximum absolute atomic E-state index is 12.6. The van der Waals surface area contributed by atoms with Gasteiger partial charge in [-0.2, -0.15) is 0 Å². The Kier molecular flexibility index (Phi) is 36.8. The van der Waals surface area contributed by atoms with E-state index in [1.165, 1.54) is 135 Å². The Morgan fingerprint density at radius 3 is 1.35 bits per heavy atom. The predicted molar refractivity (Wildman–Crippen MR) is 220 cm³/mol. The average molecular weight is 786 g/mol. The molecule has 3 atom stereocenters. The largest absolute Gasteiger partial charge is 0.472 e. The number of carbonyl (C=O) groups excluding carboxylic acids is 3. The highest BCUT2D eigenvalue weighted by molar-refractivity contribution is 7.47. The van der Waals surface area contributed by atoms with Gasteiger partial charge in [0.05, 0.1) is 19.3 Å². The second-order valence-electron chi connectivity index (χ2n) is 14.7. The van der Waals surface area contributed by atoms with Crippen LogP contribution < -0.4 is 5.73 Å². The quantitative estimate of drug-likeness (QED) is 0.0266. The molecule has 0 aliphatic rings. The lowest BCUT2D eigenvalue weighted by Gasteiger charge is -2.20. The van der Waals surface area contributed by atoms with Gasteiger partial charge in [0.2, 0.25) is 0 Å². The van der Waals surface area contributed by atoms with Crippen LogP contribution >= 0.6 is 7.82 Å². The van der Waals surface area contributed by atoms with Gasteiger partial charge in [-0.15, -0.1) is 0 Å². The van der Waals surface area contributed by atoms with E-state index in [0.29, 0.717) is 12.8 Å². The van der Waals surface area contributed by atoms with E-state index in [2.05, 4.69) is 26.0 Å². The zero-order valence-electron chi connectivity index (χ0n) is 34.6. The normalized spacial score (nSPS) is 14.0. The maximum Gasteiger partial charge on any atom is 0.472 e. The number of ether oxygens (including phenoxy) is 2. The standard InChI is InChI=1S/C43H80NO9P/c1-4-6-8-10-12-14-16-18-20-22-24-26-28-30-32-34-42(46)50-36-40(37-51-54(48,49)52-38-41(44)39(3)45)53-43(47)35-33-31-29-27-25-23-21-19-17-15-13-11-9-7-5-2/h28-31,40-41H,4-27,32-38,44H2,1-3H3,(H,48,49). The number of Topliss-reactive ketones (excluding diaryl/α,β-unsaturated/α-hetero) is 1. The van der Waals surface area contributed by atoms with Crippen molar-refractivity contribution in [2.75, 3.05) is 19.8 Å². The number of hydrogen-bond donors (Lipinski definition) is 2. The molecule has 0 saturated heterocycles. The monoisotopic (exact) mass is 786 g/mol. The minimum Gasteiger partial charge on any atom is -0.462 e. The molecule has 0 fully saturated rings. The highest BCUT2D eigenvalue weighted by Gasteiger charge is 2.27. The summed E-state index contributed by atoms with van der Waals surface area (Å²) >= 11 is 0. The van der Waals surface area contributed by atoms with Crippen LogP contribution in [0.4, 0.5) is 0 Å². The third kappa shape index (κ3) is 37.1. The summed E-state index contributed by atoms with van der Waals surface area (Å²) < 4.78 is 32.9. The molecule has 0 aliphatic heterocycles. The zero-order chi connectivity index (χ0) is 40.0. The van der Waals surface area contributed by atoms with Crippen molar-refractivity contribution in [3.63, 3.8) is 0 Å². The first-order chi connectivity index (χ1) is 26.1. The van der Waals surface area contributed by atoms with E-state index in [9.17, 15) is 23.8 Å². The first-order valence-electron chi connectivity index (χ1n) is 21.6. The third-order valence-electron chi connectivity index (χ3n) is 9.40. The fraction of sp³-hybridized carbons (Fsp3) is 0.837. The van der Waals surface area contributed by atoms with Crippen molar-refractivity contribution < 1.29 is 42.4 Å². The van der Waals surface area contributed by atoms with E-state index in [1.807, 2.05) is 12.2 Å². The van der Waals surface area contributed by atoms with E-state index in [0.717, 1.165) is 25.7 Å². The van der Waals surface area contributed by atoms with Crippen molar-refractivity contribution in [2.24, 2.45) is 5.73 Å². The van der Waals surface area contributed by atoms with Crippen LogP contribution in [0.3, 0.4) is 0 Å². The van der Waals surface area contributed by atoms with Crippen LogP contribution in [-0.4, -0.2) is 54.6 Å². The van der Waals surface area contributed by atoms with Crippen molar-refractivity contribution in [1.29, 1.82) is 0 Å². The summed E-state index contributed by atoms with van der Waals surface area (Å²) in [4.78, 5) is 46.4. The molecule has 0 aliphatic carbocycles. The molecule has 0 aromatic carbocycles. The van der Waals surface area contributed by atoms with E-state index in [1.54, 1.807) is 0 Å². The number of nitrogens with two attached hydrogens (primary N) is 1. The van der Waals surface area contributed by atoms with Gasteiger partial charge in [-0.05, 0) is 45.4 Å². The number of allylic oxidation sites excluding steroid dienone is 4. The highest BCUT2D eigenvalue weighted by Crippen LogP contribution is 2.43. The Balaban J connectivity index is 4.44. The molecular formula is C43H80NO9P. The van der Waals surface area contributed by atoms with Gasteiger partial charge in [0.1, 0.15) is 12.4 Å². The number of rotatable bonds is 40. The Morgan fingerprint density at radius 2 is 0.926 bits per heavy atom. The topological polar surface area (TPSA) is 151 Å². The molecule has 0 amide bonds. The highest BCUT2D eigenvalue weighted by atomic mass is 31.2. The first-order valence-corrected chi connectivity index (χ1v) is 23.1. The summed E-state index contributed by atoms with van der Waals surface area (Å²) in [6, 6.07) is -1.08. The molecule has 11 heteroatoms. The fourth-order valence-corrected chi connectivity index (χ4v) is 6.63. The predicted octanol–water partition coefficient (Wildman–Crippen LogP) is 11.6. The van der Waals surface area contributed by atoms with Gasteiger partial charge < -0.3 is 20.1 Å². The van der Waals surface area contributed by atoms with Crippen LogP contribution in [-0.2, 0) is 37.5 Å². The van der Waals surface area contributed by atoms with Crippen LogP contribution in [0.5, 0.6) is 0 Å². The number of unbranched alkanes of at least 4 members (excludes halogenated alkanes) is 22. The number of hydrogen-bond acceptors (Lipinski definition) is 9. The van der Waals surface area contributed by atoms with E-state index in [-0.39, 0.29) is 19.4 Å². The van der Waals surface area contributed by atoms with Crippen molar-refractivity contribution >= 4 is 25.5 Å². The zero-order valence-corrected chi connectivity index (χ0v) is 35.5. The van der Waals surface area contributed by atoms with Gasteiger partial charge >= 0.3 is 19.8 Å². The molecule has 0 radical (unpaired) electrons. The van der Waals surface area contributed by atoms with Crippen LogP contribution in [0, 0.1) is 0 Å². The van der Waals surface area contributed by atoms with E-state index >= 15 is 0 Å². The lowest BCUT2D eigenvalue weighted by molar-refractivity contribution is -0.161. The minimum absolute atomic E-state index is 0.101. The van der Waals surface area contributed by atoms with Gasteiger partial charge in [-0.25, -0.2) is 4.57 Å². The lowest BCUT2D eigenvalue weighted by atomic mass is 10.1. The maximum atomic E-state index is 12.6. The second-order valence-corrected chi connectivity index (χ2v) is 16.2. The Labute approximate surface area is 329 Å². The number of phosphoric acid groups is 1. The number of carbonyl (C=O) groups is 3. The summed E-state index contributed by atoms with van der Waals surface area (Å²) in [7, 11) is -4.62. The van der Waals surface area contributed by atoms with Gasteiger partial charge in [-0.3, -0.25) is 23.4 Å². The summed E-state index contributed by atoms with van der Waals surface area (Å²) in [6.07, 6.45) is 38.9. The Morgan fingerprint density at radius 1 is 0.556 bits per heavy atom. The van der Waals surface area contributed by atoms with Crippen LogP contribution in [0.1, 0.15) is 201 Å². The fourth-order valence-electron chi connectivity index (χ4n) is 5.85. The average Bonchev–Trinajstić information content (AvgIpc) is 3.14. The van der Waals surface area contributed by atoms with Gasteiger partial charge in [0.25, 0.3) is 0 Å². The van der Waals surface area contributed by atoms with Gasteiger partial charge in [0, 0.05) is 12.8 Å². The first kappa shape index (κ1) is 52.2. The van der Waals surface area contributed by atoms with Crippen molar-refractivity contribution in [3.05, 3.63) is 24.3 Å². The molecular weight excluding hydrogens is 705 g/mol. The number of phosphoric ester groups is 1. The Hall–Kier alpha value is -1.84. The molecule has 0 heterocycles. The van der Waals surface area contributed by atoms with Crippen molar-refractivity contribution in [2.45, 2.75) is 213 Å². The Bertz CT molecular complexity index is 1020. The molecule has 0 aromatic heterocycles. The summed E-state index contributed by atoms with van der Waals surface area (Å²) in [5, 5.41) is 0. The van der Waals surface area contributed by atoms with Crippen molar-refractivity contribution in [3.8, 4) is 0 Å². The van der Waals surface area contributed by atoms with Gasteiger partial charge in [0.15, 0.2) is 6.10 Å². The van der Waals surface area contributed by atoms with Crippen LogP contribution in [0.2, 0.25) is 0 Å². The molecule has 316 valence electrons. The summed E-state index contributed by atoms with van der Waals surface area (Å²) in [5.41, 5.74) is 5.57. The molecule has 0 saturated carbocycles. The summed E-state index contributed by atoms with van der Waals surface area (Å²) in [6.45, 7) is 4.34. The molecule has 3 N–H and O–H groups in total. The van der Waals surface area contributed by atoms with Crippen LogP contribution in [0.15, 0.2) is 24.3 Å². The molecule has 54 heavy (non-hydrogen) atoms. The van der Waals surface area contributed by atoms with E-state index < -0.39 is 50.9 Å².